The molecule has 0 aliphatic heterocycles. The second-order valence-electron chi connectivity index (χ2n) is 6.30. The molecular formula is C20H18BrN3O3S. The van der Waals surface area contributed by atoms with Crippen molar-refractivity contribution >= 4 is 43.2 Å². The smallest absolute Gasteiger partial charge is 0.262 e. The van der Waals surface area contributed by atoms with Crippen LogP contribution in [0.25, 0.3) is 0 Å². The standard InChI is InChI=1S/C20H18BrN3O3S/c1-13-4-3-5-18(8-13)24-28(26,27)19-10-17(7-6-14(19)2)23-20(25)15-9-16(21)12-22-11-15/h3-12,24H,1-2H3,(H,23,25). The molecule has 0 aliphatic carbocycles. The van der Waals surface area contributed by atoms with Crippen molar-refractivity contribution in [3.8, 4) is 0 Å². The Kier molecular flexibility index (Phi) is 5.81. The van der Waals surface area contributed by atoms with E-state index in [1.165, 1.54) is 12.3 Å². The van der Waals surface area contributed by atoms with Crippen LogP contribution in [0.3, 0.4) is 0 Å². The van der Waals surface area contributed by atoms with Crippen molar-refractivity contribution in [2.24, 2.45) is 0 Å². The van der Waals surface area contributed by atoms with Crippen LogP contribution in [0, 0.1) is 13.8 Å². The van der Waals surface area contributed by atoms with Gasteiger partial charge in [0.15, 0.2) is 0 Å². The number of benzene rings is 2. The molecule has 0 saturated carbocycles. The van der Waals surface area contributed by atoms with Gasteiger partial charge >= 0.3 is 0 Å². The highest BCUT2D eigenvalue weighted by Crippen LogP contribution is 2.24. The molecule has 6 nitrogen and oxygen atoms in total. The number of carbonyl (C=O) groups is 1. The number of aryl methyl sites for hydroxylation is 2. The van der Waals surface area contributed by atoms with Gasteiger partial charge in [-0.3, -0.25) is 14.5 Å². The van der Waals surface area contributed by atoms with Gasteiger partial charge in [-0.2, -0.15) is 0 Å². The van der Waals surface area contributed by atoms with Crippen LogP contribution >= 0.6 is 15.9 Å². The summed E-state index contributed by atoms with van der Waals surface area (Å²) < 4.78 is 28.9. The first kappa shape index (κ1) is 20.0. The van der Waals surface area contributed by atoms with Crippen molar-refractivity contribution in [2.75, 3.05) is 10.0 Å². The van der Waals surface area contributed by atoms with Crippen LogP contribution in [0.2, 0.25) is 0 Å². The third kappa shape index (κ3) is 4.76. The van der Waals surface area contributed by atoms with Crippen LogP contribution in [-0.2, 0) is 10.0 Å². The van der Waals surface area contributed by atoms with E-state index in [2.05, 4.69) is 31.0 Å². The summed E-state index contributed by atoms with van der Waals surface area (Å²) in [6, 6.07) is 13.5. The Morgan fingerprint density at radius 2 is 1.79 bits per heavy atom. The number of rotatable bonds is 5. The second kappa shape index (κ2) is 8.12. The van der Waals surface area contributed by atoms with Crippen molar-refractivity contribution in [1.29, 1.82) is 0 Å². The van der Waals surface area contributed by atoms with E-state index in [-0.39, 0.29) is 10.8 Å². The molecule has 0 radical (unpaired) electrons. The second-order valence-corrected chi connectivity index (χ2v) is 8.87. The van der Waals surface area contributed by atoms with Gasteiger partial charge in [0.1, 0.15) is 0 Å². The van der Waals surface area contributed by atoms with E-state index in [0.29, 0.717) is 27.0 Å². The quantitative estimate of drug-likeness (QED) is 0.587. The van der Waals surface area contributed by atoms with Crippen molar-refractivity contribution in [3.05, 3.63) is 82.1 Å². The molecule has 0 unspecified atom stereocenters. The normalized spacial score (nSPS) is 11.1. The first-order valence-electron chi connectivity index (χ1n) is 8.37. The van der Waals surface area contributed by atoms with Crippen LogP contribution in [0.1, 0.15) is 21.5 Å². The lowest BCUT2D eigenvalue weighted by Gasteiger charge is -2.13. The van der Waals surface area contributed by atoms with Gasteiger partial charge in [-0.1, -0.05) is 18.2 Å². The summed E-state index contributed by atoms with van der Waals surface area (Å²) in [5, 5.41) is 2.71. The zero-order chi connectivity index (χ0) is 20.3. The summed E-state index contributed by atoms with van der Waals surface area (Å²) in [6.07, 6.45) is 3.01. The van der Waals surface area contributed by atoms with Crippen molar-refractivity contribution < 1.29 is 13.2 Å². The first-order valence-corrected chi connectivity index (χ1v) is 10.6. The van der Waals surface area contributed by atoms with E-state index in [1.807, 2.05) is 13.0 Å². The van der Waals surface area contributed by atoms with Crippen molar-refractivity contribution in [1.82, 2.24) is 4.98 Å². The number of anilines is 2. The van der Waals surface area contributed by atoms with Crippen LogP contribution in [-0.4, -0.2) is 19.3 Å². The lowest BCUT2D eigenvalue weighted by molar-refractivity contribution is 0.102. The minimum atomic E-state index is -3.81. The average molecular weight is 460 g/mol. The highest BCUT2D eigenvalue weighted by atomic mass is 79.9. The predicted molar refractivity (Wildman–Crippen MR) is 113 cm³/mol. The van der Waals surface area contributed by atoms with E-state index in [1.54, 1.807) is 49.5 Å². The molecule has 1 aromatic heterocycles. The SMILES string of the molecule is Cc1cccc(NS(=O)(=O)c2cc(NC(=O)c3cncc(Br)c3)ccc2C)c1. The first-order chi connectivity index (χ1) is 13.2. The summed E-state index contributed by atoms with van der Waals surface area (Å²) in [7, 11) is -3.81. The lowest BCUT2D eigenvalue weighted by atomic mass is 10.2. The topological polar surface area (TPSA) is 88.2 Å². The molecule has 144 valence electrons. The molecule has 0 spiro atoms. The van der Waals surface area contributed by atoms with Crippen LogP contribution < -0.4 is 10.0 Å². The lowest BCUT2D eigenvalue weighted by Crippen LogP contribution is -2.16. The number of nitrogens with one attached hydrogen (secondary N) is 2. The fourth-order valence-corrected chi connectivity index (χ4v) is 4.31. The fraction of sp³-hybridized carbons (Fsp3) is 0.100. The molecule has 8 heteroatoms. The molecule has 1 amide bonds. The monoisotopic (exact) mass is 459 g/mol. The van der Waals surface area contributed by atoms with Crippen LogP contribution in [0.5, 0.6) is 0 Å². The Labute approximate surface area is 172 Å². The largest absolute Gasteiger partial charge is 0.322 e. The third-order valence-corrected chi connectivity index (χ3v) is 5.93. The summed E-state index contributed by atoms with van der Waals surface area (Å²) in [6.45, 7) is 3.59. The number of amides is 1. The van der Waals surface area contributed by atoms with Gasteiger partial charge in [-0.15, -0.1) is 0 Å². The van der Waals surface area contributed by atoms with Gasteiger partial charge in [0.25, 0.3) is 15.9 Å². The number of nitrogens with zero attached hydrogens (tertiary/aromatic N) is 1. The Morgan fingerprint density at radius 1 is 1.00 bits per heavy atom. The highest BCUT2D eigenvalue weighted by molar-refractivity contribution is 9.10. The zero-order valence-corrected chi connectivity index (χ0v) is 17.6. The van der Waals surface area contributed by atoms with Crippen LogP contribution in [0.15, 0.2) is 70.3 Å². The third-order valence-electron chi connectivity index (χ3n) is 3.97. The number of pyridine rings is 1. The molecule has 0 bridgehead atoms. The average Bonchev–Trinajstić information content (AvgIpc) is 2.63. The van der Waals surface area contributed by atoms with E-state index < -0.39 is 10.0 Å². The Balaban J connectivity index is 1.87. The zero-order valence-electron chi connectivity index (χ0n) is 15.2. The van der Waals surface area contributed by atoms with Gasteiger partial charge in [0.2, 0.25) is 0 Å². The summed E-state index contributed by atoms with van der Waals surface area (Å²) >= 11 is 3.27. The fourth-order valence-electron chi connectivity index (χ4n) is 2.63. The number of carbonyl (C=O) groups excluding carboxylic acids is 1. The number of sulfonamides is 1. The molecule has 28 heavy (non-hydrogen) atoms. The molecule has 3 rings (SSSR count). The number of hydrogen-bond acceptors (Lipinski definition) is 4. The summed E-state index contributed by atoms with van der Waals surface area (Å²) in [5.41, 5.74) is 2.73. The van der Waals surface area contributed by atoms with E-state index in [4.69, 9.17) is 0 Å². The molecule has 0 saturated heterocycles. The maximum atomic E-state index is 12.8. The number of hydrogen-bond donors (Lipinski definition) is 2. The predicted octanol–water partition coefficient (Wildman–Crippen LogP) is 4.51. The molecular weight excluding hydrogens is 442 g/mol. The van der Waals surface area contributed by atoms with Crippen molar-refractivity contribution in [3.63, 3.8) is 0 Å². The van der Waals surface area contributed by atoms with Gasteiger partial charge in [-0.05, 0) is 71.2 Å². The molecule has 2 aromatic carbocycles. The van der Waals surface area contributed by atoms with Crippen molar-refractivity contribution in [2.45, 2.75) is 18.7 Å². The molecule has 2 N–H and O–H groups in total. The minimum absolute atomic E-state index is 0.0965. The molecule has 0 fully saturated rings. The van der Waals surface area contributed by atoms with Gasteiger partial charge < -0.3 is 5.32 Å². The number of halogens is 1. The maximum absolute atomic E-state index is 12.8. The Bertz CT molecular complexity index is 1150. The number of aromatic nitrogens is 1. The van der Waals surface area contributed by atoms with E-state index in [9.17, 15) is 13.2 Å². The van der Waals surface area contributed by atoms with Gasteiger partial charge in [-0.25, -0.2) is 8.42 Å². The van der Waals surface area contributed by atoms with Crippen LogP contribution in [0.4, 0.5) is 11.4 Å². The maximum Gasteiger partial charge on any atom is 0.262 e. The van der Waals surface area contributed by atoms with Gasteiger partial charge in [0.05, 0.1) is 10.5 Å². The summed E-state index contributed by atoms with van der Waals surface area (Å²) in [5.74, 6) is -0.382. The summed E-state index contributed by atoms with van der Waals surface area (Å²) in [4.78, 5) is 16.5. The van der Waals surface area contributed by atoms with E-state index >= 15 is 0 Å². The molecule has 3 aromatic rings. The van der Waals surface area contributed by atoms with Gasteiger partial charge in [0, 0.05) is 28.2 Å². The molecule has 1 heterocycles. The molecule has 0 aliphatic rings. The minimum Gasteiger partial charge on any atom is -0.322 e. The Morgan fingerprint density at radius 3 is 2.50 bits per heavy atom. The highest BCUT2D eigenvalue weighted by Gasteiger charge is 2.18. The van der Waals surface area contributed by atoms with E-state index in [0.717, 1.165) is 5.56 Å². The Hall–Kier alpha value is -2.71. The molecule has 0 atom stereocenters.